The molecular weight excluding hydrogens is 274 g/mol. The molecular formula is C14H23N3O2S. The van der Waals surface area contributed by atoms with Gasteiger partial charge in [0.25, 0.3) is 10.2 Å². The van der Waals surface area contributed by atoms with Crippen LogP contribution in [0.5, 0.6) is 0 Å². The van der Waals surface area contributed by atoms with Crippen LogP contribution in [-0.4, -0.2) is 25.8 Å². The predicted molar refractivity (Wildman–Crippen MR) is 81.3 cm³/mol. The van der Waals surface area contributed by atoms with E-state index in [2.05, 4.69) is 11.6 Å². The van der Waals surface area contributed by atoms with Gasteiger partial charge in [-0.2, -0.15) is 17.4 Å². The van der Waals surface area contributed by atoms with Crippen LogP contribution in [0.1, 0.15) is 38.3 Å². The molecule has 1 unspecified atom stereocenters. The van der Waals surface area contributed by atoms with E-state index in [4.69, 9.17) is 5.73 Å². The number of piperidine rings is 1. The van der Waals surface area contributed by atoms with Crippen LogP contribution in [0.2, 0.25) is 0 Å². The normalized spacial score (nSPS) is 19.9. The Morgan fingerprint density at radius 1 is 1.25 bits per heavy atom. The zero-order valence-corrected chi connectivity index (χ0v) is 12.9. The summed E-state index contributed by atoms with van der Waals surface area (Å²) in [5.74, 6) is 0.607. The first kappa shape index (κ1) is 15.3. The standard InChI is InChI=1S/C14H23N3O2S/c1-11-7-9-17(10-8-11)20(18,19)16-12(2)13-3-5-14(15)6-4-13/h3-6,11-12,16H,7-10,15H2,1-2H3. The fourth-order valence-electron chi connectivity index (χ4n) is 2.38. The van der Waals surface area contributed by atoms with Crippen LogP contribution in [0.4, 0.5) is 5.69 Å². The van der Waals surface area contributed by atoms with Crippen molar-refractivity contribution in [1.82, 2.24) is 9.03 Å². The van der Waals surface area contributed by atoms with E-state index in [0.717, 1.165) is 18.4 Å². The predicted octanol–water partition coefficient (Wildman–Crippen LogP) is 1.90. The van der Waals surface area contributed by atoms with Crippen LogP contribution in [0.3, 0.4) is 0 Å². The Hall–Kier alpha value is -1.11. The highest BCUT2D eigenvalue weighted by atomic mass is 32.2. The van der Waals surface area contributed by atoms with Gasteiger partial charge >= 0.3 is 0 Å². The van der Waals surface area contributed by atoms with Crippen LogP contribution in [-0.2, 0) is 10.2 Å². The Labute approximate surface area is 121 Å². The third kappa shape index (κ3) is 3.71. The van der Waals surface area contributed by atoms with Crippen molar-refractivity contribution in [3.8, 4) is 0 Å². The smallest absolute Gasteiger partial charge is 0.279 e. The van der Waals surface area contributed by atoms with E-state index >= 15 is 0 Å². The second-order valence-corrected chi connectivity index (χ2v) is 7.30. The molecule has 0 radical (unpaired) electrons. The summed E-state index contributed by atoms with van der Waals surface area (Å²) < 4.78 is 28.9. The topological polar surface area (TPSA) is 75.4 Å². The summed E-state index contributed by atoms with van der Waals surface area (Å²) in [6.45, 7) is 5.21. The molecule has 0 aromatic heterocycles. The summed E-state index contributed by atoms with van der Waals surface area (Å²) in [4.78, 5) is 0. The number of anilines is 1. The zero-order valence-electron chi connectivity index (χ0n) is 12.0. The number of hydrogen-bond donors (Lipinski definition) is 2. The van der Waals surface area contributed by atoms with Crippen molar-refractivity contribution in [3.63, 3.8) is 0 Å². The van der Waals surface area contributed by atoms with Crippen LogP contribution < -0.4 is 10.5 Å². The molecule has 0 amide bonds. The molecule has 1 aromatic carbocycles. The van der Waals surface area contributed by atoms with Crippen LogP contribution in [0.15, 0.2) is 24.3 Å². The molecule has 112 valence electrons. The minimum absolute atomic E-state index is 0.264. The van der Waals surface area contributed by atoms with E-state index in [9.17, 15) is 8.42 Å². The van der Waals surface area contributed by atoms with Crippen LogP contribution in [0.25, 0.3) is 0 Å². The summed E-state index contributed by atoms with van der Waals surface area (Å²) in [6, 6.07) is 6.99. The third-order valence-electron chi connectivity index (χ3n) is 3.84. The van der Waals surface area contributed by atoms with Crippen molar-refractivity contribution in [3.05, 3.63) is 29.8 Å². The first-order valence-corrected chi connectivity index (χ1v) is 8.45. The second-order valence-electron chi connectivity index (χ2n) is 5.59. The van der Waals surface area contributed by atoms with Gasteiger partial charge in [-0.15, -0.1) is 0 Å². The van der Waals surface area contributed by atoms with E-state index in [0.29, 0.717) is 24.7 Å². The van der Waals surface area contributed by atoms with Gasteiger partial charge in [0.05, 0.1) is 0 Å². The van der Waals surface area contributed by atoms with Gasteiger partial charge in [0.1, 0.15) is 0 Å². The lowest BCUT2D eigenvalue weighted by molar-refractivity contribution is 0.284. The molecule has 0 saturated carbocycles. The fourth-order valence-corrected chi connectivity index (χ4v) is 3.80. The number of rotatable bonds is 4. The van der Waals surface area contributed by atoms with Gasteiger partial charge in [0.2, 0.25) is 0 Å². The molecule has 1 heterocycles. The lowest BCUT2D eigenvalue weighted by Gasteiger charge is -2.30. The highest BCUT2D eigenvalue weighted by Gasteiger charge is 2.27. The Balaban J connectivity index is 2.02. The minimum atomic E-state index is -3.41. The fraction of sp³-hybridized carbons (Fsp3) is 0.571. The number of hydrogen-bond acceptors (Lipinski definition) is 3. The van der Waals surface area contributed by atoms with E-state index in [1.54, 1.807) is 16.4 Å². The number of nitrogens with two attached hydrogens (primary N) is 1. The highest BCUT2D eigenvalue weighted by Crippen LogP contribution is 2.20. The molecule has 1 aromatic rings. The summed E-state index contributed by atoms with van der Waals surface area (Å²) in [5.41, 5.74) is 7.22. The molecule has 2 rings (SSSR count). The van der Waals surface area contributed by atoms with Gasteiger partial charge < -0.3 is 5.73 Å². The lowest BCUT2D eigenvalue weighted by atomic mass is 10.0. The molecule has 1 atom stereocenters. The van der Waals surface area contributed by atoms with Gasteiger partial charge in [0, 0.05) is 24.8 Å². The number of nitrogen functional groups attached to an aromatic ring is 1. The Bertz CT molecular complexity index is 534. The maximum atomic E-state index is 12.3. The molecule has 1 aliphatic rings. The molecule has 6 heteroatoms. The third-order valence-corrected chi connectivity index (χ3v) is 5.54. The highest BCUT2D eigenvalue weighted by molar-refractivity contribution is 7.87. The summed E-state index contributed by atoms with van der Waals surface area (Å²) in [6.07, 6.45) is 1.86. The van der Waals surface area contributed by atoms with E-state index in [1.165, 1.54) is 0 Å². The average molecular weight is 297 g/mol. The average Bonchev–Trinajstić information content (AvgIpc) is 2.39. The molecule has 0 aliphatic carbocycles. The van der Waals surface area contributed by atoms with Gasteiger partial charge in [-0.05, 0) is 43.4 Å². The molecule has 20 heavy (non-hydrogen) atoms. The largest absolute Gasteiger partial charge is 0.399 e. The summed E-state index contributed by atoms with van der Waals surface area (Å²) in [7, 11) is -3.41. The Kier molecular flexibility index (Phi) is 4.67. The number of nitrogens with zero attached hydrogens (tertiary/aromatic N) is 1. The molecule has 1 fully saturated rings. The molecule has 1 saturated heterocycles. The van der Waals surface area contributed by atoms with Crippen molar-refractivity contribution in [2.75, 3.05) is 18.8 Å². The van der Waals surface area contributed by atoms with Crippen molar-refractivity contribution in [2.24, 2.45) is 5.92 Å². The summed E-state index contributed by atoms with van der Waals surface area (Å²) >= 11 is 0. The maximum Gasteiger partial charge on any atom is 0.279 e. The van der Waals surface area contributed by atoms with Gasteiger partial charge in [-0.25, -0.2) is 0 Å². The molecule has 0 spiro atoms. The second kappa shape index (κ2) is 6.11. The van der Waals surface area contributed by atoms with Gasteiger partial charge in [-0.1, -0.05) is 19.1 Å². The van der Waals surface area contributed by atoms with Gasteiger partial charge in [0.15, 0.2) is 0 Å². The van der Waals surface area contributed by atoms with Crippen LogP contribution >= 0.6 is 0 Å². The first-order valence-electron chi connectivity index (χ1n) is 7.01. The quantitative estimate of drug-likeness (QED) is 0.833. The van der Waals surface area contributed by atoms with E-state index in [-0.39, 0.29) is 6.04 Å². The van der Waals surface area contributed by atoms with Crippen molar-refractivity contribution < 1.29 is 8.42 Å². The summed E-state index contributed by atoms with van der Waals surface area (Å²) in [5, 5.41) is 0. The van der Waals surface area contributed by atoms with E-state index < -0.39 is 10.2 Å². The molecule has 5 nitrogen and oxygen atoms in total. The first-order chi connectivity index (χ1) is 9.38. The maximum absolute atomic E-state index is 12.3. The van der Waals surface area contributed by atoms with E-state index in [1.807, 2.05) is 19.1 Å². The zero-order chi connectivity index (χ0) is 14.8. The Morgan fingerprint density at radius 2 is 1.80 bits per heavy atom. The monoisotopic (exact) mass is 297 g/mol. The Morgan fingerprint density at radius 3 is 2.35 bits per heavy atom. The van der Waals surface area contributed by atoms with Crippen LogP contribution in [0, 0.1) is 5.92 Å². The number of nitrogens with one attached hydrogen (secondary N) is 1. The SMILES string of the molecule is CC1CCN(S(=O)(=O)NC(C)c2ccc(N)cc2)CC1. The lowest BCUT2D eigenvalue weighted by Crippen LogP contribution is -2.45. The molecule has 0 bridgehead atoms. The molecule has 3 N–H and O–H groups in total. The number of benzene rings is 1. The van der Waals surface area contributed by atoms with Crippen molar-refractivity contribution in [1.29, 1.82) is 0 Å². The molecule has 1 aliphatic heterocycles. The van der Waals surface area contributed by atoms with Crippen molar-refractivity contribution >= 4 is 15.9 Å². The van der Waals surface area contributed by atoms with Gasteiger partial charge in [-0.3, -0.25) is 0 Å². The van der Waals surface area contributed by atoms with Crippen molar-refractivity contribution in [2.45, 2.75) is 32.7 Å². The minimum Gasteiger partial charge on any atom is -0.399 e.